The van der Waals surface area contributed by atoms with Gasteiger partial charge >= 0.3 is 5.97 Å². The Morgan fingerprint density at radius 1 is 1.50 bits per heavy atom. The Morgan fingerprint density at radius 3 is 3.06 bits per heavy atom. The minimum atomic E-state index is -0.965. The number of rotatable bonds is 2. The van der Waals surface area contributed by atoms with Crippen LogP contribution in [0, 0.1) is 0 Å². The molecule has 5 nitrogen and oxygen atoms in total. The molecule has 0 saturated carbocycles. The van der Waals surface area contributed by atoms with Crippen LogP contribution in [0.3, 0.4) is 0 Å². The Morgan fingerprint density at radius 2 is 2.28 bits per heavy atom. The zero-order valence-corrected chi connectivity index (χ0v) is 10.6. The van der Waals surface area contributed by atoms with E-state index >= 15 is 0 Å². The first-order valence-corrected chi connectivity index (χ1v) is 6.82. The van der Waals surface area contributed by atoms with E-state index in [-0.39, 0.29) is 6.54 Å². The quantitative estimate of drug-likeness (QED) is 0.854. The third-order valence-electron chi connectivity index (χ3n) is 3.41. The summed E-state index contributed by atoms with van der Waals surface area (Å²) >= 11 is 1.63. The highest BCUT2D eigenvalue weighted by atomic mass is 32.1. The van der Waals surface area contributed by atoms with Gasteiger partial charge in [-0.25, -0.2) is 4.99 Å². The van der Waals surface area contributed by atoms with Gasteiger partial charge in [-0.15, -0.1) is 11.3 Å². The average Bonchev–Trinajstić information content (AvgIpc) is 2.71. The van der Waals surface area contributed by atoms with E-state index in [1.165, 1.54) is 28.1 Å². The molecule has 1 aliphatic heterocycles. The summed E-state index contributed by atoms with van der Waals surface area (Å²) in [5.41, 5.74) is 2.03. The number of hydrogen-bond acceptors (Lipinski definition) is 5. The van der Waals surface area contributed by atoms with Crippen molar-refractivity contribution in [3.05, 3.63) is 16.0 Å². The summed E-state index contributed by atoms with van der Waals surface area (Å²) in [6.45, 7) is -0.227. The number of aryl methyl sites for hydroxylation is 1. The molecule has 6 heteroatoms. The number of nitrogens with zero attached hydrogens (tertiary/aromatic N) is 2. The monoisotopic (exact) mass is 266 g/mol. The summed E-state index contributed by atoms with van der Waals surface area (Å²) in [6.07, 6.45) is 4.90. The summed E-state index contributed by atoms with van der Waals surface area (Å²) in [7, 11) is 0. The number of carboxylic acid groups (broad SMARTS) is 1. The van der Waals surface area contributed by atoms with Gasteiger partial charge in [0.2, 0.25) is 0 Å². The molecule has 0 bridgehead atoms. The molecule has 0 aromatic carbocycles. The van der Waals surface area contributed by atoms with Gasteiger partial charge in [0.25, 0.3) is 0 Å². The van der Waals surface area contributed by atoms with Crippen molar-refractivity contribution in [2.24, 2.45) is 4.99 Å². The molecular weight excluding hydrogens is 252 g/mol. The van der Waals surface area contributed by atoms with E-state index < -0.39 is 12.2 Å². The molecule has 0 spiro atoms. The Bertz CT molecular complexity index is 524. The van der Waals surface area contributed by atoms with Crippen molar-refractivity contribution < 1.29 is 15.0 Å². The molecule has 0 saturated heterocycles. The first kappa shape index (κ1) is 11.7. The van der Waals surface area contributed by atoms with E-state index in [1.807, 2.05) is 0 Å². The Labute approximate surface area is 108 Å². The van der Waals surface area contributed by atoms with Crippen LogP contribution in [0.1, 0.15) is 35.1 Å². The zero-order chi connectivity index (χ0) is 12.7. The van der Waals surface area contributed by atoms with Crippen LogP contribution in [-0.2, 0) is 17.6 Å². The third kappa shape index (κ3) is 1.81. The molecule has 1 unspecified atom stereocenters. The number of aliphatic carboxylic acids is 1. The van der Waals surface area contributed by atoms with Crippen LogP contribution in [0.2, 0.25) is 0 Å². The first-order valence-electron chi connectivity index (χ1n) is 6.01. The van der Waals surface area contributed by atoms with Crippen molar-refractivity contribution in [2.75, 3.05) is 6.54 Å². The normalized spacial score (nSPS) is 21.6. The molecule has 1 aromatic rings. The number of fused-ring (bicyclic) bond motifs is 3. The van der Waals surface area contributed by atoms with Crippen molar-refractivity contribution in [3.63, 3.8) is 0 Å². The van der Waals surface area contributed by atoms with E-state index in [2.05, 4.69) is 4.99 Å². The maximum Gasteiger partial charge on any atom is 0.323 e. The molecule has 96 valence electrons. The Hall–Kier alpha value is -1.40. The van der Waals surface area contributed by atoms with Crippen molar-refractivity contribution in [1.29, 1.82) is 0 Å². The summed E-state index contributed by atoms with van der Waals surface area (Å²) in [6, 6.07) is 0. The summed E-state index contributed by atoms with van der Waals surface area (Å²) in [5, 5.41) is 19.9. The fourth-order valence-electron chi connectivity index (χ4n) is 2.58. The maximum atomic E-state index is 10.7. The van der Waals surface area contributed by atoms with Crippen LogP contribution in [0.25, 0.3) is 0 Å². The second-order valence-corrected chi connectivity index (χ2v) is 5.70. The molecule has 0 fully saturated rings. The van der Waals surface area contributed by atoms with Crippen molar-refractivity contribution in [2.45, 2.75) is 31.9 Å². The van der Waals surface area contributed by atoms with Gasteiger partial charge in [-0.3, -0.25) is 4.79 Å². The predicted molar refractivity (Wildman–Crippen MR) is 68.4 cm³/mol. The van der Waals surface area contributed by atoms with Gasteiger partial charge in [-0.1, -0.05) is 0 Å². The zero-order valence-electron chi connectivity index (χ0n) is 9.80. The second kappa shape index (κ2) is 4.37. The van der Waals surface area contributed by atoms with Gasteiger partial charge in [0.1, 0.15) is 11.5 Å². The van der Waals surface area contributed by atoms with Gasteiger partial charge in [0.15, 0.2) is 6.23 Å². The van der Waals surface area contributed by atoms with Crippen LogP contribution < -0.4 is 0 Å². The molecule has 18 heavy (non-hydrogen) atoms. The number of aliphatic hydroxyl groups excluding tert-OH is 1. The standard InChI is InChI=1S/C12H14N2O3S/c15-9(16)5-14-6-13-11-10(12(14)17)7-3-1-2-4-8(7)18-11/h6,12,17H,1-5H2,(H,15,16). The molecule has 2 aliphatic rings. The lowest BCUT2D eigenvalue weighted by Gasteiger charge is -2.28. The highest BCUT2D eigenvalue weighted by molar-refractivity contribution is 7.16. The summed E-state index contributed by atoms with van der Waals surface area (Å²) < 4.78 is 0. The van der Waals surface area contributed by atoms with Crippen molar-refractivity contribution >= 4 is 28.6 Å². The molecular formula is C12H14N2O3S. The van der Waals surface area contributed by atoms with E-state index in [0.717, 1.165) is 29.8 Å². The lowest BCUT2D eigenvalue weighted by atomic mass is 9.94. The highest BCUT2D eigenvalue weighted by Crippen LogP contribution is 2.45. The lowest BCUT2D eigenvalue weighted by molar-refractivity contribution is -0.139. The number of aliphatic imine (C=N–C) groups is 1. The maximum absolute atomic E-state index is 10.7. The molecule has 1 aliphatic carbocycles. The van der Waals surface area contributed by atoms with Crippen molar-refractivity contribution in [1.82, 2.24) is 4.90 Å². The largest absolute Gasteiger partial charge is 0.480 e. The van der Waals surface area contributed by atoms with Gasteiger partial charge in [-0.2, -0.15) is 0 Å². The Kier molecular flexibility index (Phi) is 2.83. The van der Waals surface area contributed by atoms with Crippen molar-refractivity contribution in [3.8, 4) is 0 Å². The number of aliphatic hydroxyl groups is 1. The topological polar surface area (TPSA) is 73.1 Å². The first-order chi connectivity index (χ1) is 8.66. The lowest BCUT2D eigenvalue weighted by Crippen LogP contribution is -2.34. The van der Waals surface area contributed by atoms with Crippen LogP contribution in [0.15, 0.2) is 4.99 Å². The van der Waals surface area contributed by atoms with Gasteiger partial charge in [0, 0.05) is 10.4 Å². The number of carbonyl (C=O) groups is 1. The summed E-state index contributed by atoms with van der Waals surface area (Å²) in [4.78, 5) is 17.7. The molecule has 3 rings (SSSR count). The molecule has 0 amide bonds. The number of hydrogen-bond donors (Lipinski definition) is 2. The predicted octanol–water partition coefficient (Wildman–Crippen LogP) is 1.68. The van der Waals surface area contributed by atoms with Gasteiger partial charge < -0.3 is 15.1 Å². The fourth-order valence-corrected chi connectivity index (χ4v) is 3.83. The fraction of sp³-hybridized carbons (Fsp3) is 0.500. The smallest absolute Gasteiger partial charge is 0.323 e. The average molecular weight is 266 g/mol. The summed E-state index contributed by atoms with van der Waals surface area (Å²) in [5.74, 6) is -0.965. The van der Waals surface area contributed by atoms with Crippen LogP contribution in [-0.4, -0.2) is 34.0 Å². The molecule has 1 atom stereocenters. The van der Waals surface area contributed by atoms with E-state index in [9.17, 15) is 9.90 Å². The molecule has 2 heterocycles. The molecule has 2 N–H and O–H groups in total. The SMILES string of the molecule is O=C(O)CN1C=Nc2sc3c(c2C1O)CCCC3. The minimum absolute atomic E-state index is 0.227. The van der Waals surface area contributed by atoms with Gasteiger partial charge in [0.05, 0.1) is 6.34 Å². The van der Waals surface area contributed by atoms with Gasteiger partial charge in [-0.05, 0) is 31.2 Å². The minimum Gasteiger partial charge on any atom is -0.480 e. The highest BCUT2D eigenvalue weighted by Gasteiger charge is 2.31. The van der Waals surface area contributed by atoms with E-state index in [0.29, 0.717) is 0 Å². The van der Waals surface area contributed by atoms with E-state index in [4.69, 9.17) is 5.11 Å². The number of carboxylic acids is 1. The molecule has 0 radical (unpaired) electrons. The molecule has 1 aromatic heterocycles. The van der Waals surface area contributed by atoms with Crippen LogP contribution in [0.5, 0.6) is 0 Å². The van der Waals surface area contributed by atoms with Crippen LogP contribution in [0.4, 0.5) is 5.00 Å². The third-order valence-corrected chi connectivity index (χ3v) is 4.62. The number of thiophene rings is 1. The van der Waals surface area contributed by atoms with E-state index in [1.54, 1.807) is 11.3 Å². The second-order valence-electron chi connectivity index (χ2n) is 4.61. The van der Waals surface area contributed by atoms with Crippen LogP contribution >= 0.6 is 11.3 Å². The Balaban J connectivity index is 1.98.